The molecule has 0 bridgehead atoms. The van der Waals surface area contributed by atoms with E-state index >= 15 is 0 Å². The number of hydrogen-bond acceptors (Lipinski definition) is 7. The number of rotatable bonds is 6. The van der Waals surface area contributed by atoms with Crippen molar-refractivity contribution in [1.82, 2.24) is 10.3 Å². The second-order valence-electron chi connectivity index (χ2n) is 6.34. The molecule has 2 aromatic carbocycles. The van der Waals surface area contributed by atoms with Crippen molar-refractivity contribution in [3.63, 3.8) is 0 Å². The van der Waals surface area contributed by atoms with E-state index in [0.717, 1.165) is 15.8 Å². The van der Waals surface area contributed by atoms with Gasteiger partial charge in [0.25, 0.3) is 5.91 Å². The first-order valence-electron chi connectivity index (χ1n) is 8.99. The predicted molar refractivity (Wildman–Crippen MR) is 109 cm³/mol. The molecule has 4 rings (SSSR count). The zero-order valence-corrected chi connectivity index (χ0v) is 16.4. The van der Waals surface area contributed by atoms with Gasteiger partial charge in [-0.25, -0.2) is 9.78 Å². The topological polar surface area (TPSA) is 86.8 Å². The summed E-state index contributed by atoms with van der Waals surface area (Å²) in [5, 5.41) is 3.44. The molecule has 0 spiro atoms. The number of amides is 1. The van der Waals surface area contributed by atoms with Gasteiger partial charge in [0, 0.05) is 12.6 Å². The molecule has 8 heteroatoms. The molecule has 1 atom stereocenters. The number of thiazole rings is 1. The lowest BCUT2D eigenvalue weighted by atomic mass is 10.2. The van der Waals surface area contributed by atoms with Crippen molar-refractivity contribution in [2.45, 2.75) is 19.6 Å². The van der Waals surface area contributed by atoms with Crippen molar-refractivity contribution >= 4 is 39.5 Å². The smallest absolute Gasteiger partial charge is 0.331 e. The van der Waals surface area contributed by atoms with E-state index in [1.807, 2.05) is 30.3 Å². The first-order chi connectivity index (χ1) is 14.1. The second kappa shape index (κ2) is 8.32. The Morgan fingerprint density at radius 2 is 2.07 bits per heavy atom. The maximum absolute atomic E-state index is 12.2. The van der Waals surface area contributed by atoms with E-state index in [1.54, 1.807) is 18.2 Å². The molecule has 1 N–H and O–H groups in total. The van der Waals surface area contributed by atoms with E-state index in [0.29, 0.717) is 23.1 Å². The van der Waals surface area contributed by atoms with Crippen LogP contribution in [0.15, 0.2) is 48.5 Å². The standard InChI is InChI=1S/C21H18N2O5S/c1-13(21(25)22-11-14-6-7-16-17(10-14)27-12-26-16)28-20(24)9-8-19-23-15-4-2-3-5-18(15)29-19/h2-10,13H,11-12H2,1H3,(H,22,25)/b9-8+/t13-/m0/s1. The fraction of sp³-hybridized carbons (Fsp3) is 0.190. The van der Waals surface area contributed by atoms with Crippen LogP contribution in [-0.2, 0) is 20.9 Å². The molecular formula is C21H18N2O5S. The van der Waals surface area contributed by atoms with Crippen LogP contribution in [0.3, 0.4) is 0 Å². The Hall–Kier alpha value is -3.39. The number of carbonyl (C=O) groups is 2. The number of hydrogen-bond donors (Lipinski definition) is 1. The summed E-state index contributed by atoms with van der Waals surface area (Å²) in [6, 6.07) is 13.2. The minimum absolute atomic E-state index is 0.197. The summed E-state index contributed by atoms with van der Waals surface area (Å²) < 4.78 is 16.8. The summed E-state index contributed by atoms with van der Waals surface area (Å²) in [4.78, 5) is 28.6. The van der Waals surface area contributed by atoms with E-state index < -0.39 is 12.1 Å². The van der Waals surface area contributed by atoms with E-state index in [2.05, 4.69) is 10.3 Å². The van der Waals surface area contributed by atoms with Crippen LogP contribution < -0.4 is 14.8 Å². The predicted octanol–water partition coefficient (Wildman–Crippen LogP) is 3.29. The fourth-order valence-corrected chi connectivity index (χ4v) is 3.62. The van der Waals surface area contributed by atoms with Crippen LogP contribution in [0.1, 0.15) is 17.5 Å². The van der Waals surface area contributed by atoms with E-state index in [4.69, 9.17) is 14.2 Å². The van der Waals surface area contributed by atoms with Crippen LogP contribution in [0.5, 0.6) is 11.5 Å². The number of fused-ring (bicyclic) bond motifs is 2. The van der Waals surface area contributed by atoms with Crippen molar-refractivity contribution in [3.8, 4) is 11.5 Å². The SMILES string of the molecule is C[C@H](OC(=O)/C=C/c1nc2ccccc2s1)C(=O)NCc1ccc2c(c1)OCO2. The maximum atomic E-state index is 12.2. The van der Waals surface area contributed by atoms with Crippen LogP contribution in [-0.4, -0.2) is 29.8 Å². The van der Waals surface area contributed by atoms with Gasteiger partial charge in [0.1, 0.15) is 5.01 Å². The number of para-hydroxylation sites is 1. The van der Waals surface area contributed by atoms with Crippen molar-refractivity contribution in [2.24, 2.45) is 0 Å². The van der Waals surface area contributed by atoms with Gasteiger partial charge in [0.2, 0.25) is 6.79 Å². The number of aromatic nitrogens is 1. The van der Waals surface area contributed by atoms with Gasteiger partial charge >= 0.3 is 5.97 Å². The third-order valence-electron chi connectivity index (χ3n) is 4.24. The molecule has 1 aliphatic rings. The van der Waals surface area contributed by atoms with Crippen molar-refractivity contribution < 1.29 is 23.8 Å². The first kappa shape index (κ1) is 18.9. The van der Waals surface area contributed by atoms with Gasteiger partial charge in [-0.15, -0.1) is 11.3 Å². The van der Waals surface area contributed by atoms with E-state index in [9.17, 15) is 9.59 Å². The Morgan fingerprint density at radius 3 is 2.93 bits per heavy atom. The molecule has 148 valence electrons. The molecule has 0 fully saturated rings. The molecule has 7 nitrogen and oxygen atoms in total. The Labute approximate surface area is 170 Å². The van der Waals surface area contributed by atoms with Gasteiger partial charge in [0.05, 0.1) is 10.2 Å². The number of ether oxygens (including phenoxy) is 3. The van der Waals surface area contributed by atoms with E-state index in [1.165, 1.54) is 24.3 Å². The molecule has 0 saturated heterocycles. The number of carbonyl (C=O) groups excluding carboxylic acids is 2. The summed E-state index contributed by atoms with van der Waals surface area (Å²) in [5.74, 6) is 0.345. The number of nitrogens with zero attached hydrogens (tertiary/aromatic N) is 1. The van der Waals surface area contributed by atoms with Crippen LogP contribution in [0.4, 0.5) is 0 Å². The molecule has 0 aliphatic carbocycles. The third-order valence-corrected chi connectivity index (χ3v) is 5.24. The summed E-state index contributed by atoms with van der Waals surface area (Å²) in [5.41, 5.74) is 1.73. The van der Waals surface area contributed by atoms with Crippen LogP contribution in [0, 0.1) is 0 Å². The highest BCUT2D eigenvalue weighted by atomic mass is 32.1. The first-order valence-corrected chi connectivity index (χ1v) is 9.80. The highest BCUT2D eigenvalue weighted by Crippen LogP contribution is 2.32. The number of benzene rings is 2. The third kappa shape index (κ3) is 4.55. The van der Waals surface area contributed by atoms with Crippen molar-refractivity contribution in [3.05, 3.63) is 59.1 Å². The van der Waals surface area contributed by atoms with Gasteiger partial charge in [-0.05, 0) is 42.8 Å². The average molecular weight is 410 g/mol. The Balaban J connectivity index is 1.28. The lowest BCUT2D eigenvalue weighted by molar-refractivity contribution is -0.150. The highest BCUT2D eigenvalue weighted by Gasteiger charge is 2.17. The van der Waals surface area contributed by atoms with Crippen molar-refractivity contribution in [2.75, 3.05) is 6.79 Å². The average Bonchev–Trinajstić information content (AvgIpc) is 3.36. The van der Waals surface area contributed by atoms with Crippen LogP contribution >= 0.6 is 11.3 Å². The van der Waals surface area contributed by atoms with Gasteiger partial charge in [-0.2, -0.15) is 0 Å². The summed E-state index contributed by atoms with van der Waals surface area (Å²) in [7, 11) is 0. The molecule has 29 heavy (non-hydrogen) atoms. The van der Waals surface area contributed by atoms with Crippen LogP contribution in [0.25, 0.3) is 16.3 Å². The largest absolute Gasteiger partial charge is 0.454 e. The summed E-state index contributed by atoms with van der Waals surface area (Å²) in [6.07, 6.45) is 1.94. The van der Waals surface area contributed by atoms with Gasteiger partial charge in [0.15, 0.2) is 17.6 Å². The van der Waals surface area contributed by atoms with Gasteiger partial charge in [-0.3, -0.25) is 4.79 Å². The quantitative estimate of drug-likeness (QED) is 0.496. The van der Waals surface area contributed by atoms with E-state index in [-0.39, 0.29) is 12.7 Å². The minimum Gasteiger partial charge on any atom is -0.454 e. The number of esters is 1. The molecule has 0 unspecified atom stereocenters. The van der Waals surface area contributed by atoms with Crippen LogP contribution in [0.2, 0.25) is 0 Å². The van der Waals surface area contributed by atoms with Gasteiger partial charge in [-0.1, -0.05) is 18.2 Å². The summed E-state index contributed by atoms with van der Waals surface area (Å²) in [6.45, 7) is 2.01. The van der Waals surface area contributed by atoms with Gasteiger partial charge < -0.3 is 19.5 Å². The minimum atomic E-state index is -0.920. The Morgan fingerprint density at radius 1 is 1.24 bits per heavy atom. The molecule has 3 aromatic rings. The summed E-state index contributed by atoms with van der Waals surface area (Å²) >= 11 is 1.47. The zero-order valence-electron chi connectivity index (χ0n) is 15.6. The zero-order chi connectivity index (χ0) is 20.2. The molecule has 1 aromatic heterocycles. The second-order valence-corrected chi connectivity index (χ2v) is 7.40. The molecule has 1 amide bonds. The molecule has 2 heterocycles. The molecular weight excluding hydrogens is 392 g/mol. The number of nitrogens with one attached hydrogen (secondary N) is 1. The Bertz CT molecular complexity index is 1060. The lowest BCUT2D eigenvalue weighted by Gasteiger charge is -2.12. The van der Waals surface area contributed by atoms with Crippen molar-refractivity contribution in [1.29, 1.82) is 0 Å². The Kier molecular flexibility index (Phi) is 5.44. The highest BCUT2D eigenvalue weighted by molar-refractivity contribution is 7.19. The lowest BCUT2D eigenvalue weighted by Crippen LogP contribution is -2.35. The normalized spacial score (nSPS) is 13.6. The molecule has 0 saturated carbocycles. The monoisotopic (exact) mass is 410 g/mol. The molecule has 0 radical (unpaired) electrons. The molecule has 1 aliphatic heterocycles. The maximum Gasteiger partial charge on any atom is 0.331 e. The fourth-order valence-electron chi connectivity index (χ4n) is 2.75.